The molecule has 0 atom stereocenters. The maximum Gasteiger partial charge on any atom is 0.296 e. The molecular weight excluding hydrogens is 395 g/mol. The quantitative estimate of drug-likeness (QED) is 0.592. The summed E-state index contributed by atoms with van der Waals surface area (Å²) in [6, 6.07) is 6.54. The van der Waals surface area contributed by atoms with Crippen molar-refractivity contribution in [3.05, 3.63) is 64.9 Å². The van der Waals surface area contributed by atoms with Gasteiger partial charge in [0.05, 0.1) is 18.3 Å². The Labute approximate surface area is 180 Å². The summed E-state index contributed by atoms with van der Waals surface area (Å²) < 4.78 is 15.5. The maximum absolute atomic E-state index is 13.3. The van der Waals surface area contributed by atoms with Crippen LogP contribution in [0.4, 0.5) is 4.39 Å². The molecule has 3 aromatic rings. The molecule has 0 unspecified atom stereocenters. The molecule has 0 spiro atoms. The van der Waals surface area contributed by atoms with E-state index in [9.17, 15) is 14.4 Å². The summed E-state index contributed by atoms with van der Waals surface area (Å²) in [5.74, 6) is 0.157. The number of aromatic nitrogens is 2. The highest BCUT2D eigenvalue weighted by molar-refractivity contribution is 6.00. The number of carbonyl (C=O) groups is 1. The molecule has 0 radical (unpaired) electrons. The molecule has 7 heteroatoms. The Bertz CT molecular complexity index is 1120. The molecule has 2 aliphatic rings. The largest absolute Gasteiger partial charge is 0.342 e. The van der Waals surface area contributed by atoms with E-state index in [0.29, 0.717) is 18.7 Å². The van der Waals surface area contributed by atoms with E-state index in [1.165, 1.54) is 30.5 Å². The molecule has 3 heterocycles. The Morgan fingerprint density at radius 2 is 2.03 bits per heavy atom. The lowest BCUT2D eigenvalue weighted by molar-refractivity contribution is -0.0606. The lowest BCUT2D eigenvalue weighted by Gasteiger charge is -2.23. The van der Waals surface area contributed by atoms with Crippen molar-refractivity contribution in [2.24, 2.45) is 5.92 Å². The molecule has 1 fully saturated rings. The molecule has 31 heavy (non-hydrogen) atoms. The fraction of sp³-hybridized carbons (Fsp3) is 0.417. The molecule has 1 aliphatic heterocycles. The van der Waals surface area contributed by atoms with E-state index >= 15 is 0 Å². The number of hydrogen-bond acceptors (Lipinski definition) is 4. The number of rotatable bonds is 7. The van der Waals surface area contributed by atoms with Crippen molar-refractivity contribution in [3.8, 4) is 0 Å². The molecule has 2 aromatic heterocycles. The first-order valence-electron chi connectivity index (χ1n) is 10.9. The van der Waals surface area contributed by atoms with Gasteiger partial charge in [0.25, 0.3) is 5.91 Å². The van der Waals surface area contributed by atoms with Gasteiger partial charge in [-0.2, -0.15) is 0 Å². The molecule has 0 bridgehead atoms. The van der Waals surface area contributed by atoms with Crippen LogP contribution in [0.25, 0.3) is 10.9 Å². The van der Waals surface area contributed by atoms with Crippen LogP contribution in [-0.4, -0.2) is 57.3 Å². The second kappa shape index (κ2) is 8.05. The van der Waals surface area contributed by atoms with Gasteiger partial charge in [-0.1, -0.05) is 12.1 Å². The van der Waals surface area contributed by atoms with Crippen LogP contribution < -0.4 is 0 Å². The lowest BCUT2D eigenvalue weighted by atomic mass is 9.98. The van der Waals surface area contributed by atoms with Gasteiger partial charge < -0.3 is 9.47 Å². The molecule has 1 aromatic carbocycles. The Hall–Kier alpha value is -2.77. The zero-order chi connectivity index (χ0) is 21.5. The molecular formula is C24H27FN4O2. The Kier molecular flexibility index (Phi) is 5.24. The fourth-order valence-corrected chi connectivity index (χ4v) is 4.56. The first kappa shape index (κ1) is 20.2. The SMILES string of the molecule is CN(CCc1cn(Cc2ccc(F)cc2)c2cnc3c(c12)CCN(O)C3=O)CC1CC1. The third-order valence-corrected chi connectivity index (χ3v) is 6.41. The normalized spacial score (nSPS) is 16.4. The van der Waals surface area contributed by atoms with Crippen LogP contribution in [0.1, 0.15) is 40.0 Å². The van der Waals surface area contributed by atoms with Crippen LogP contribution in [0.15, 0.2) is 36.7 Å². The van der Waals surface area contributed by atoms with Gasteiger partial charge in [0.1, 0.15) is 11.5 Å². The first-order valence-corrected chi connectivity index (χ1v) is 10.9. The molecule has 1 saturated carbocycles. The molecule has 162 valence electrons. The van der Waals surface area contributed by atoms with E-state index in [1.54, 1.807) is 18.3 Å². The van der Waals surface area contributed by atoms with Crippen molar-refractivity contribution in [1.82, 2.24) is 19.5 Å². The summed E-state index contributed by atoms with van der Waals surface area (Å²) in [5.41, 5.74) is 4.43. The molecule has 0 saturated heterocycles. The second-order valence-corrected chi connectivity index (χ2v) is 8.89. The van der Waals surface area contributed by atoms with Crippen molar-refractivity contribution < 1.29 is 14.4 Å². The summed E-state index contributed by atoms with van der Waals surface area (Å²) in [5, 5.41) is 11.7. The van der Waals surface area contributed by atoms with Gasteiger partial charge in [-0.3, -0.25) is 10.0 Å². The van der Waals surface area contributed by atoms with Gasteiger partial charge in [0.15, 0.2) is 0 Å². The number of benzene rings is 1. The molecule has 1 aliphatic carbocycles. The van der Waals surface area contributed by atoms with Crippen molar-refractivity contribution in [3.63, 3.8) is 0 Å². The lowest BCUT2D eigenvalue weighted by Crippen LogP contribution is -2.35. The smallest absolute Gasteiger partial charge is 0.296 e. The van der Waals surface area contributed by atoms with E-state index in [0.717, 1.165) is 52.5 Å². The van der Waals surface area contributed by atoms with Crippen LogP contribution in [0.3, 0.4) is 0 Å². The molecule has 1 amide bonds. The molecule has 1 N–H and O–H groups in total. The van der Waals surface area contributed by atoms with Gasteiger partial charge in [0.2, 0.25) is 0 Å². The highest BCUT2D eigenvalue weighted by Gasteiger charge is 2.28. The van der Waals surface area contributed by atoms with Gasteiger partial charge >= 0.3 is 0 Å². The van der Waals surface area contributed by atoms with Crippen molar-refractivity contribution >= 4 is 16.8 Å². The van der Waals surface area contributed by atoms with Crippen LogP contribution in [0, 0.1) is 11.7 Å². The van der Waals surface area contributed by atoms with E-state index in [4.69, 9.17) is 0 Å². The number of likely N-dealkylation sites (N-methyl/N-ethyl adjacent to an activating group) is 1. The zero-order valence-corrected chi connectivity index (χ0v) is 17.7. The van der Waals surface area contributed by atoms with Gasteiger partial charge in [-0.15, -0.1) is 0 Å². The minimum absolute atomic E-state index is 0.247. The number of hydrogen-bond donors (Lipinski definition) is 1. The third-order valence-electron chi connectivity index (χ3n) is 6.41. The predicted octanol–water partition coefficient (Wildman–Crippen LogP) is 3.50. The number of carbonyl (C=O) groups excluding carboxylic acids is 1. The van der Waals surface area contributed by atoms with E-state index in [1.807, 2.05) is 0 Å². The van der Waals surface area contributed by atoms with Gasteiger partial charge in [0, 0.05) is 31.2 Å². The molecule has 5 rings (SSSR count). The number of amides is 1. The van der Waals surface area contributed by atoms with Gasteiger partial charge in [-0.05, 0) is 67.5 Å². The number of hydroxylamine groups is 2. The van der Waals surface area contributed by atoms with Crippen LogP contribution >= 0.6 is 0 Å². The van der Waals surface area contributed by atoms with Crippen LogP contribution in [-0.2, 0) is 19.4 Å². The van der Waals surface area contributed by atoms with E-state index < -0.39 is 5.91 Å². The summed E-state index contributed by atoms with van der Waals surface area (Å²) in [4.78, 5) is 19.3. The first-order chi connectivity index (χ1) is 15.0. The van der Waals surface area contributed by atoms with E-state index in [2.05, 4.69) is 27.7 Å². The monoisotopic (exact) mass is 422 g/mol. The second-order valence-electron chi connectivity index (χ2n) is 8.89. The Morgan fingerprint density at radius 1 is 1.26 bits per heavy atom. The Morgan fingerprint density at radius 3 is 2.77 bits per heavy atom. The van der Waals surface area contributed by atoms with Crippen LogP contribution in [0.5, 0.6) is 0 Å². The van der Waals surface area contributed by atoms with Crippen LogP contribution in [0.2, 0.25) is 0 Å². The Balaban J connectivity index is 1.52. The third kappa shape index (κ3) is 4.07. The number of fused-ring (bicyclic) bond motifs is 3. The van der Waals surface area contributed by atoms with Crippen molar-refractivity contribution in [2.75, 3.05) is 26.7 Å². The number of pyridine rings is 1. The zero-order valence-electron chi connectivity index (χ0n) is 17.7. The summed E-state index contributed by atoms with van der Waals surface area (Å²) >= 11 is 0. The standard InChI is InChI=1S/C24H27FN4O2/c1-27(13-16-2-3-16)10-8-18-15-28(14-17-4-6-19(25)7-5-17)21-12-26-23-20(22(18)21)9-11-29(31)24(23)30/h4-7,12,15-16,31H,2-3,8-11,13-14H2,1H3. The highest BCUT2D eigenvalue weighted by atomic mass is 19.1. The predicted molar refractivity (Wildman–Crippen MR) is 116 cm³/mol. The maximum atomic E-state index is 13.3. The minimum atomic E-state index is -0.439. The van der Waals surface area contributed by atoms with Crippen molar-refractivity contribution in [1.29, 1.82) is 0 Å². The van der Waals surface area contributed by atoms with Gasteiger partial charge in [-0.25, -0.2) is 14.4 Å². The summed E-state index contributed by atoms with van der Waals surface area (Å²) in [6.07, 6.45) is 8.00. The highest BCUT2D eigenvalue weighted by Crippen LogP contribution is 2.32. The number of nitrogens with zero attached hydrogens (tertiary/aromatic N) is 4. The summed E-state index contributed by atoms with van der Waals surface area (Å²) in [6.45, 7) is 2.96. The van der Waals surface area contributed by atoms with E-state index in [-0.39, 0.29) is 12.4 Å². The molecule has 6 nitrogen and oxygen atoms in total. The number of halogens is 1. The summed E-state index contributed by atoms with van der Waals surface area (Å²) in [7, 11) is 2.17. The van der Waals surface area contributed by atoms with Crippen molar-refractivity contribution in [2.45, 2.75) is 32.2 Å². The minimum Gasteiger partial charge on any atom is -0.342 e. The average molecular weight is 423 g/mol. The fourth-order valence-electron chi connectivity index (χ4n) is 4.56. The average Bonchev–Trinajstić information content (AvgIpc) is 3.50. The topological polar surface area (TPSA) is 61.6 Å².